The molecule has 20 heavy (non-hydrogen) atoms. The predicted octanol–water partition coefficient (Wildman–Crippen LogP) is 1.87. The van der Waals surface area contributed by atoms with Crippen molar-refractivity contribution in [3.63, 3.8) is 0 Å². The van der Waals surface area contributed by atoms with Crippen LogP contribution in [0.3, 0.4) is 0 Å². The molecule has 2 N–H and O–H groups in total. The van der Waals surface area contributed by atoms with Crippen LogP contribution in [0.2, 0.25) is 0 Å². The molecule has 0 aromatic heterocycles. The lowest BCUT2D eigenvalue weighted by atomic mass is 9.95. The van der Waals surface area contributed by atoms with Crippen LogP contribution in [0.4, 0.5) is 0 Å². The SMILES string of the molecule is Cc1c(C)c(C)c(S(=O)(=O)NC2CCNC2)c(C)c1C. The van der Waals surface area contributed by atoms with Gasteiger partial charge in [-0.2, -0.15) is 0 Å². The summed E-state index contributed by atoms with van der Waals surface area (Å²) in [4.78, 5) is 0.463. The Hall–Kier alpha value is -0.910. The van der Waals surface area contributed by atoms with Crippen LogP contribution in [0.5, 0.6) is 0 Å². The maximum Gasteiger partial charge on any atom is 0.241 e. The van der Waals surface area contributed by atoms with Gasteiger partial charge in [0.1, 0.15) is 0 Å². The topological polar surface area (TPSA) is 58.2 Å². The highest BCUT2D eigenvalue weighted by atomic mass is 32.2. The van der Waals surface area contributed by atoms with Crippen molar-refractivity contribution in [2.24, 2.45) is 0 Å². The molecule has 0 aliphatic carbocycles. The normalized spacial score (nSPS) is 19.6. The third kappa shape index (κ3) is 2.62. The van der Waals surface area contributed by atoms with E-state index in [1.54, 1.807) is 0 Å². The van der Waals surface area contributed by atoms with Gasteiger partial charge >= 0.3 is 0 Å². The summed E-state index contributed by atoms with van der Waals surface area (Å²) in [5, 5.41) is 3.18. The lowest BCUT2D eigenvalue weighted by molar-refractivity contribution is 0.558. The summed E-state index contributed by atoms with van der Waals surface area (Å²) < 4.78 is 28.3. The molecule has 0 radical (unpaired) electrons. The average molecular weight is 296 g/mol. The number of sulfonamides is 1. The van der Waals surface area contributed by atoms with Crippen molar-refractivity contribution in [2.75, 3.05) is 13.1 Å². The van der Waals surface area contributed by atoms with E-state index in [2.05, 4.69) is 17.0 Å². The molecule has 0 amide bonds. The molecule has 4 nitrogen and oxygen atoms in total. The second-order valence-corrected chi connectivity index (χ2v) is 7.42. The van der Waals surface area contributed by atoms with Crippen molar-refractivity contribution in [3.8, 4) is 0 Å². The van der Waals surface area contributed by atoms with Gasteiger partial charge in [0.05, 0.1) is 4.90 Å². The van der Waals surface area contributed by atoms with E-state index in [9.17, 15) is 8.42 Å². The van der Waals surface area contributed by atoms with E-state index in [1.807, 2.05) is 27.7 Å². The first-order valence-corrected chi connectivity index (χ1v) is 8.54. The van der Waals surface area contributed by atoms with E-state index >= 15 is 0 Å². The van der Waals surface area contributed by atoms with Crippen molar-refractivity contribution < 1.29 is 8.42 Å². The van der Waals surface area contributed by atoms with Gasteiger partial charge < -0.3 is 5.32 Å². The highest BCUT2D eigenvalue weighted by Crippen LogP contribution is 2.29. The number of benzene rings is 1. The molecule has 0 saturated carbocycles. The molecule has 1 heterocycles. The zero-order valence-corrected chi connectivity index (χ0v) is 13.7. The van der Waals surface area contributed by atoms with Crippen molar-refractivity contribution in [3.05, 3.63) is 27.8 Å². The number of nitrogens with one attached hydrogen (secondary N) is 2. The van der Waals surface area contributed by atoms with Crippen LogP contribution in [0.1, 0.15) is 34.2 Å². The molecule has 1 aliphatic rings. The molecule has 5 heteroatoms. The third-order valence-corrected chi connectivity index (χ3v) is 6.38. The fourth-order valence-electron chi connectivity index (χ4n) is 2.90. The van der Waals surface area contributed by atoms with Crippen LogP contribution in [0.25, 0.3) is 0 Å². The highest BCUT2D eigenvalue weighted by Gasteiger charge is 2.27. The van der Waals surface area contributed by atoms with Crippen LogP contribution < -0.4 is 10.0 Å². The Balaban J connectivity index is 2.51. The fourth-order valence-corrected chi connectivity index (χ4v) is 4.77. The van der Waals surface area contributed by atoms with E-state index in [4.69, 9.17) is 0 Å². The summed E-state index contributed by atoms with van der Waals surface area (Å²) in [5.41, 5.74) is 5.05. The standard InChI is InChI=1S/C15H24N2O2S/c1-9-10(2)12(4)15(13(5)11(9)3)20(18,19)17-14-6-7-16-8-14/h14,16-17H,6-8H2,1-5H3. The molecule has 1 atom stereocenters. The molecule has 1 saturated heterocycles. The molecular weight excluding hydrogens is 272 g/mol. The maximum atomic E-state index is 12.7. The molecule has 112 valence electrons. The summed E-state index contributed by atoms with van der Waals surface area (Å²) in [5.74, 6) is 0. The van der Waals surface area contributed by atoms with Crippen LogP contribution in [-0.2, 0) is 10.0 Å². The fraction of sp³-hybridized carbons (Fsp3) is 0.600. The lowest BCUT2D eigenvalue weighted by Crippen LogP contribution is -2.37. The quantitative estimate of drug-likeness (QED) is 0.895. The summed E-state index contributed by atoms with van der Waals surface area (Å²) in [7, 11) is -3.46. The zero-order valence-electron chi connectivity index (χ0n) is 12.9. The smallest absolute Gasteiger partial charge is 0.241 e. The third-order valence-electron chi connectivity index (χ3n) is 4.58. The van der Waals surface area contributed by atoms with Crippen LogP contribution in [-0.4, -0.2) is 27.5 Å². The molecule has 1 fully saturated rings. The van der Waals surface area contributed by atoms with Crippen molar-refractivity contribution in [2.45, 2.75) is 52.0 Å². The minimum Gasteiger partial charge on any atom is -0.315 e. The van der Waals surface area contributed by atoms with Gasteiger partial charge in [-0.15, -0.1) is 0 Å². The Morgan fingerprint density at radius 1 is 0.950 bits per heavy atom. The Morgan fingerprint density at radius 3 is 1.90 bits per heavy atom. The van der Waals surface area contributed by atoms with Crippen molar-refractivity contribution >= 4 is 10.0 Å². The van der Waals surface area contributed by atoms with Gasteiger partial charge in [0.25, 0.3) is 0 Å². The molecule has 1 aliphatic heterocycles. The van der Waals surface area contributed by atoms with Crippen molar-refractivity contribution in [1.82, 2.24) is 10.0 Å². The molecule has 2 rings (SSSR count). The molecule has 1 aromatic rings. The predicted molar refractivity (Wildman–Crippen MR) is 81.7 cm³/mol. The van der Waals surface area contributed by atoms with Gasteiger partial charge in [-0.1, -0.05) is 0 Å². The van der Waals surface area contributed by atoms with Crippen LogP contribution in [0.15, 0.2) is 4.90 Å². The minimum atomic E-state index is -3.46. The largest absolute Gasteiger partial charge is 0.315 e. The Bertz CT molecular complexity index is 601. The van der Waals surface area contributed by atoms with Gasteiger partial charge in [0.15, 0.2) is 0 Å². The second-order valence-electron chi connectivity index (χ2n) is 5.77. The first kappa shape index (κ1) is 15.5. The van der Waals surface area contributed by atoms with E-state index in [0.717, 1.165) is 35.2 Å². The van der Waals surface area contributed by atoms with Crippen molar-refractivity contribution in [1.29, 1.82) is 0 Å². The Kier molecular flexibility index (Phi) is 4.23. The van der Waals surface area contributed by atoms with Gasteiger partial charge in [-0.05, 0) is 75.4 Å². The summed E-state index contributed by atoms with van der Waals surface area (Å²) >= 11 is 0. The van der Waals surface area contributed by atoms with E-state index in [1.165, 1.54) is 5.56 Å². The number of rotatable bonds is 3. The molecule has 1 unspecified atom stereocenters. The Labute approximate surface area is 122 Å². The lowest BCUT2D eigenvalue weighted by Gasteiger charge is -2.20. The molecule has 1 aromatic carbocycles. The van der Waals surface area contributed by atoms with E-state index < -0.39 is 10.0 Å². The molecule has 0 spiro atoms. The maximum absolute atomic E-state index is 12.7. The minimum absolute atomic E-state index is 0.000662. The molecular formula is C15H24N2O2S. The first-order valence-electron chi connectivity index (χ1n) is 7.05. The molecule has 0 bridgehead atoms. The van der Waals surface area contributed by atoms with Crippen LogP contribution in [0, 0.1) is 34.6 Å². The average Bonchev–Trinajstić information content (AvgIpc) is 2.86. The van der Waals surface area contributed by atoms with E-state index in [0.29, 0.717) is 11.4 Å². The van der Waals surface area contributed by atoms with Gasteiger partial charge in [0, 0.05) is 12.6 Å². The Morgan fingerprint density at radius 2 is 1.45 bits per heavy atom. The number of hydrogen-bond donors (Lipinski definition) is 2. The van der Waals surface area contributed by atoms with Gasteiger partial charge in [-0.25, -0.2) is 13.1 Å². The second kappa shape index (κ2) is 5.47. The van der Waals surface area contributed by atoms with Crippen LogP contribution >= 0.6 is 0 Å². The van der Waals surface area contributed by atoms with Gasteiger partial charge in [0.2, 0.25) is 10.0 Å². The highest BCUT2D eigenvalue weighted by molar-refractivity contribution is 7.89. The summed E-state index contributed by atoms with van der Waals surface area (Å²) in [6.45, 7) is 11.4. The summed E-state index contributed by atoms with van der Waals surface area (Å²) in [6.07, 6.45) is 0.848. The van der Waals surface area contributed by atoms with Gasteiger partial charge in [-0.3, -0.25) is 0 Å². The number of hydrogen-bond acceptors (Lipinski definition) is 3. The first-order chi connectivity index (χ1) is 9.25. The summed E-state index contributed by atoms with van der Waals surface area (Å²) in [6, 6.07) is 0.000662. The zero-order chi connectivity index (χ0) is 15.1. The van der Waals surface area contributed by atoms with E-state index in [-0.39, 0.29) is 6.04 Å². The monoisotopic (exact) mass is 296 g/mol.